The molecule has 0 atom stereocenters. The quantitative estimate of drug-likeness (QED) is 0.530. The standard InChI is InChI=1S/C12H20BNS/c1-9(2)14(10(3)4)13-11-6-5-7-12(15)8-11/h5-6,8-10,13H,7H2,1-4H3. The Morgan fingerprint density at radius 2 is 1.87 bits per heavy atom. The van der Waals surface area contributed by atoms with Crippen LogP contribution in [-0.2, 0) is 0 Å². The molecule has 0 heterocycles. The van der Waals surface area contributed by atoms with Gasteiger partial charge in [0.05, 0.1) is 0 Å². The normalized spacial score (nSPS) is 16.5. The Morgan fingerprint density at radius 1 is 1.27 bits per heavy atom. The van der Waals surface area contributed by atoms with E-state index in [1.165, 1.54) is 5.47 Å². The summed E-state index contributed by atoms with van der Waals surface area (Å²) in [5.74, 6) is 0. The molecule has 0 saturated heterocycles. The van der Waals surface area contributed by atoms with Gasteiger partial charge in [-0.05, 0) is 12.1 Å². The topological polar surface area (TPSA) is 3.24 Å². The second-order valence-corrected chi connectivity index (χ2v) is 5.18. The third kappa shape index (κ3) is 3.92. The van der Waals surface area contributed by atoms with Gasteiger partial charge in [0.2, 0.25) is 7.41 Å². The van der Waals surface area contributed by atoms with E-state index in [9.17, 15) is 0 Å². The van der Waals surface area contributed by atoms with Crippen LogP contribution in [-0.4, -0.2) is 29.2 Å². The van der Waals surface area contributed by atoms with Gasteiger partial charge in [-0.1, -0.05) is 63.6 Å². The lowest BCUT2D eigenvalue weighted by Crippen LogP contribution is -2.40. The Hall–Kier alpha value is -0.405. The molecule has 0 unspecified atom stereocenters. The van der Waals surface area contributed by atoms with Gasteiger partial charge in [0.15, 0.2) is 0 Å². The summed E-state index contributed by atoms with van der Waals surface area (Å²) in [6, 6.07) is 1.16. The summed E-state index contributed by atoms with van der Waals surface area (Å²) in [6.45, 7) is 8.97. The van der Waals surface area contributed by atoms with Crippen molar-refractivity contribution >= 4 is 24.5 Å². The van der Waals surface area contributed by atoms with Crippen LogP contribution >= 0.6 is 12.2 Å². The molecule has 0 aromatic heterocycles. The average Bonchev–Trinajstić information content (AvgIpc) is 2.13. The molecule has 0 bridgehead atoms. The van der Waals surface area contributed by atoms with Crippen LogP contribution in [0.15, 0.2) is 23.7 Å². The molecule has 0 spiro atoms. The smallest absolute Gasteiger partial charge is 0.239 e. The van der Waals surface area contributed by atoms with Crippen molar-refractivity contribution in [3.8, 4) is 0 Å². The van der Waals surface area contributed by atoms with Gasteiger partial charge in [0.1, 0.15) is 0 Å². The van der Waals surface area contributed by atoms with Crippen molar-refractivity contribution in [1.82, 2.24) is 4.81 Å². The highest BCUT2D eigenvalue weighted by Gasteiger charge is 2.16. The molecular formula is C12H20BNS. The van der Waals surface area contributed by atoms with E-state index in [1.807, 2.05) is 0 Å². The lowest BCUT2D eigenvalue weighted by Gasteiger charge is -2.30. The second kappa shape index (κ2) is 5.62. The molecule has 0 N–H and O–H groups in total. The van der Waals surface area contributed by atoms with Crippen molar-refractivity contribution in [1.29, 1.82) is 0 Å². The summed E-state index contributed by atoms with van der Waals surface area (Å²) >= 11 is 5.22. The third-order valence-electron chi connectivity index (χ3n) is 2.69. The van der Waals surface area contributed by atoms with E-state index in [0.29, 0.717) is 12.1 Å². The summed E-state index contributed by atoms with van der Waals surface area (Å²) in [5.41, 5.74) is 1.34. The summed E-state index contributed by atoms with van der Waals surface area (Å²) < 4.78 is 0. The summed E-state index contributed by atoms with van der Waals surface area (Å²) in [7, 11) is 1.01. The van der Waals surface area contributed by atoms with E-state index in [0.717, 1.165) is 18.7 Å². The van der Waals surface area contributed by atoms with E-state index < -0.39 is 0 Å². The number of hydrogen-bond acceptors (Lipinski definition) is 2. The zero-order chi connectivity index (χ0) is 11.4. The largest absolute Gasteiger partial charge is 0.337 e. The first-order chi connectivity index (χ1) is 7.00. The van der Waals surface area contributed by atoms with Crippen LogP contribution in [0.1, 0.15) is 34.1 Å². The molecule has 0 radical (unpaired) electrons. The maximum absolute atomic E-state index is 5.22. The highest BCUT2D eigenvalue weighted by molar-refractivity contribution is 7.80. The van der Waals surface area contributed by atoms with E-state index in [4.69, 9.17) is 12.2 Å². The van der Waals surface area contributed by atoms with Gasteiger partial charge in [-0.25, -0.2) is 0 Å². The fourth-order valence-corrected chi connectivity index (χ4v) is 2.16. The maximum atomic E-state index is 5.22. The molecule has 0 aromatic rings. The minimum Gasteiger partial charge on any atom is -0.337 e. The van der Waals surface area contributed by atoms with Gasteiger partial charge < -0.3 is 4.81 Å². The van der Waals surface area contributed by atoms with Gasteiger partial charge >= 0.3 is 0 Å². The van der Waals surface area contributed by atoms with E-state index >= 15 is 0 Å². The summed E-state index contributed by atoms with van der Waals surface area (Å²) in [5, 5.41) is 0. The van der Waals surface area contributed by atoms with Crippen molar-refractivity contribution in [3.05, 3.63) is 23.7 Å². The van der Waals surface area contributed by atoms with Crippen LogP contribution in [0, 0.1) is 0 Å². The average molecular weight is 221 g/mol. The van der Waals surface area contributed by atoms with Crippen LogP contribution in [0.4, 0.5) is 0 Å². The van der Waals surface area contributed by atoms with E-state index in [2.05, 4.69) is 50.7 Å². The molecule has 0 amide bonds. The van der Waals surface area contributed by atoms with Gasteiger partial charge in [0, 0.05) is 11.3 Å². The monoisotopic (exact) mass is 221 g/mol. The molecule has 0 fully saturated rings. The zero-order valence-electron chi connectivity index (χ0n) is 10.2. The molecule has 1 rings (SSSR count). The van der Waals surface area contributed by atoms with Crippen LogP contribution in [0.2, 0.25) is 0 Å². The summed E-state index contributed by atoms with van der Waals surface area (Å²) in [4.78, 5) is 3.53. The van der Waals surface area contributed by atoms with Gasteiger partial charge in [-0.3, -0.25) is 0 Å². The van der Waals surface area contributed by atoms with Crippen LogP contribution in [0.3, 0.4) is 0 Å². The van der Waals surface area contributed by atoms with E-state index in [-0.39, 0.29) is 0 Å². The number of rotatable bonds is 4. The maximum Gasteiger partial charge on any atom is 0.239 e. The fraction of sp³-hybridized carbons (Fsp3) is 0.583. The van der Waals surface area contributed by atoms with E-state index in [1.54, 1.807) is 0 Å². The van der Waals surface area contributed by atoms with Crippen molar-refractivity contribution in [2.75, 3.05) is 0 Å². The number of nitrogens with zero attached hydrogens (tertiary/aromatic N) is 1. The SMILES string of the molecule is CC(C)N(BC1=CC(=S)CC=C1)C(C)C. The minimum atomic E-state index is 0.579. The molecule has 0 aliphatic heterocycles. The molecule has 3 heteroatoms. The van der Waals surface area contributed by atoms with Crippen LogP contribution in [0.25, 0.3) is 0 Å². The van der Waals surface area contributed by atoms with Crippen molar-refractivity contribution in [3.63, 3.8) is 0 Å². The first-order valence-corrected chi connectivity index (χ1v) is 6.07. The van der Waals surface area contributed by atoms with Crippen LogP contribution in [0.5, 0.6) is 0 Å². The van der Waals surface area contributed by atoms with Crippen molar-refractivity contribution in [2.24, 2.45) is 0 Å². The Morgan fingerprint density at radius 3 is 2.33 bits per heavy atom. The van der Waals surface area contributed by atoms with Gasteiger partial charge in [0.25, 0.3) is 0 Å². The predicted molar refractivity (Wildman–Crippen MR) is 73.7 cm³/mol. The van der Waals surface area contributed by atoms with Crippen LogP contribution < -0.4 is 0 Å². The first-order valence-electron chi connectivity index (χ1n) is 5.66. The Balaban J connectivity index is 2.66. The lowest BCUT2D eigenvalue weighted by molar-refractivity contribution is 0.314. The molecule has 82 valence electrons. The van der Waals surface area contributed by atoms with Crippen molar-refractivity contribution in [2.45, 2.75) is 46.2 Å². The second-order valence-electron chi connectivity index (χ2n) is 4.65. The Bertz CT molecular complexity index is 284. The number of thiocarbonyl (C=S) groups is 1. The molecule has 0 aromatic carbocycles. The predicted octanol–water partition coefficient (Wildman–Crippen LogP) is 2.67. The molecule has 0 saturated carbocycles. The van der Waals surface area contributed by atoms with Gasteiger partial charge in [-0.2, -0.15) is 0 Å². The third-order valence-corrected chi connectivity index (χ3v) is 2.97. The molecule has 1 aliphatic carbocycles. The summed E-state index contributed by atoms with van der Waals surface area (Å²) in [6.07, 6.45) is 7.44. The Labute approximate surface area is 99.5 Å². The van der Waals surface area contributed by atoms with Gasteiger partial charge in [-0.15, -0.1) is 0 Å². The number of allylic oxidation sites excluding steroid dienone is 4. The first kappa shape index (κ1) is 12.7. The molecular weight excluding hydrogens is 201 g/mol. The fourth-order valence-electron chi connectivity index (χ4n) is 1.91. The highest BCUT2D eigenvalue weighted by atomic mass is 32.1. The lowest BCUT2D eigenvalue weighted by atomic mass is 9.75. The molecule has 15 heavy (non-hydrogen) atoms. The zero-order valence-corrected chi connectivity index (χ0v) is 11.0. The Kier molecular flexibility index (Phi) is 4.74. The molecule has 1 aliphatic rings. The number of hydrogen-bond donors (Lipinski definition) is 0. The highest BCUT2D eigenvalue weighted by Crippen LogP contribution is 2.12. The minimum absolute atomic E-state index is 0.579. The van der Waals surface area contributed by atoms with Crippen molar-refractivity contribution < 1.29 is 0 Å². The molecule has 1 nitrogen and oxygen atoms in total.